The smallest absolute Gasteiger partial charge is 0.277 e. The average Bonchev–Trinajstić information content (AvgIpc) is 2.77. The van der Waals surface area contributed by atoms with E-state index in [2.05, 4.69) is 55.3 Å². The van der Waals surface area contributed by atoms with Gasteiger partial charge in [0.2, 0.25) is 0 Å². The summed E-state index contributed by atoms with van der Waals surface area (Å²) in [4.78, 5) is 14.5. The monoisotopic (exact) mass is 439 g/mol. The maximum atomic E-state index is 12.1. The fourth-order valence-corrected chi connectivity index (χ4v) is 4.43. The molecule has 0 spiro atoms. The zero-order valence-corrected chi connectivity index (χ0v) is 19.8. The second-order valence-corrected chi connectivity index (χ2v) is 8.57. The molecule has 1 unspecified atom stereocenters. The summed E-state index contributed by atoms with van der Waals surface area (Å²) < 4.78 is 16.2. The van der Waals surface area contributed by atoms with Gasteiger partial charge in [-0.2, -0.15) is 5.10 Å². The van der Waals surface area contributed by atoms with Crippen molar-refractivity contribution >= 4 is 17.8 Å². The molecule has 7 nitrogen and oxygen atoms in total. The molecule has 0 aliphatic carbocycles. The molecule has 0 saturated carbocycles. The molecule has 172 valence electrons. The van der Waals surface area contributed by atoms with Crippen molar-refractivity contribution in [2.75, 3.05) is 32.3 Å². The van der Waals surface area contributed by atoms with Crippen LogP contribution < -0.4 is 24.5 Å². The molecule has 1 heterocycles. The third-order valence-electron chi connectivity index (χ3n) is 5.88. The number of rotatable bonds is 8. The van der Waals surface area contributed by atoms with Crippen molar-refractivity contribution in [1.82, 2.24) is 5.43 Å². The Balaban J connectivity index is 1.68. The van der Waals surface area contributed by atoms with Crippen LogP contribution in [-0.4, -0.2) is 45.0 Å². The zero-order chi connectivity index (χ0) is 23.3. The number of ether oxygens (including phenoxy) is 3. The lowest BCUT2D eigenvalue weighted by Crippen LogP contribution is -2.48. The van der Waals surface area contributed by atoms with Crippen LogP contribution in [0.25, 0.3) is 0 Å². The van der Waals surface area contributed by atoms with Gasteiger partial charge >= 0.3 is 0 Å². The Morgan fingerprint density at radius 1 is 1.19 bits per heavy atom. The molecule has 32 heavy (non-hydrogen) atoms. The van der Waals surface area contributed by atoms with E-state index in [0.29, 0.717) is 11.7 Å². The zero-order valence-electron chi connectivity index (χ0n) is 19.8. The molecule has 2 aromatic carbocycles. The Hall–Kier alpha value is -3.22. The van der Waals surface area contributed by atoms with Gasteiger partial charge in [-0.25, -0.2) is 5.43 Å². The molecule has 2 aromatic rings. The highest BCUT2D eigenvalue weighted by molar-refractivity contribution is 5.87. The van der Waals surface area contributed by atoms with Crippen LogP contribution in [0.2, 0.25) is 0 Å². The van der Waals surface area contributed by atoms with Crippen molar-refractivity contribution in [3.8, 4) is 17.2 Å². The first-order valence-electron chi connectivity index (χ1n) is 10.9. The van der Waals surface area contributed by atoms with Crippen molar-refractivity contribution in [2.45, 2.75) is 45.6 Å². The molecule has 7 heteroatoms. The average molecular weight is 440 g/mol. The van der Waals surface area contributed by atoms with Crippen LogP contribution in [0.5, 0.6) is 17.2 Å². The van der Waals surface area contributed by atoms with E-state index in [0.717, 1.165) is 30.0 Å². The van der Waals surface area contributed by atoms with Crippen molar-refractivity contribution in [2.24, 2.45) is 5.10 Å². The summed E-state index contributed by atoms with van der Waals surface area (Å²) in [5.74, 6) is 2.10. The van der Waals surface area contributed by atoms with Crippen LogP contribution in [-0.2, 0) is 4.79 Å². The van der Waals surface area contributed by atoms with E-state index in [1.54, 1.807) is 44.7 Å². The van der Waals surface area contributed by atoms with Crippen LogP contribution in [0.4, 0.5) is 5.69 Å². The predicted octanol–water partition coefficient (Wildman–Crippen LogP) is 4.35. The highest BCUT2D eigenvalue weighted by atomic mass is 16.5. The van der Waals surface area contributed by atoms with Gasteiger partial charge in [-0.15, -0.1) is 0 Å². The molecular weight excluding hydrogens is 406 g/mol. The summed E-state index contributed by atoms with van der Waals surface area (Å²) in [6.07, 6.45) is 2.68. The Kier molecular flexibility index (Phi) is 7.28. The number of carbonyl (C=O) groups is 1. The van der Waals surface area contributed by atoms with E-state index in [4.69, 9.17) is 14.2 Å². The van der Waals surface area contributed by atoms with Crippen LogP contribution in [0.1, 0.15) is 51.2 Å². The van der Waals surface area contributed by atoms with Gasteiger partial charge in [-0.05, 0) is 69.0 Å². The lowest BCUT2D eigenvalue weighted by Gasteiger charge is -2.47. The third-order valence-corrected chi connectivity index (χ3v) is 5.88. The second kappa shape index (κ2) is 9.94. The van der Waals surface area contributed by atoms with Gasteiger partial charge in [0, 0.05) is 29.4 Å². The summed E-state index contributed by atoms with van der Waals surface area (Å²) >= 11 is 0. The van der Waals surface area contributed by atoms with E-state index in [-0.39, 0.29) is 18.1 Å². The fraction of sp³-hybridized carbons (Fsp3) is 0.440. The molecule has 1 N–H and O–H groups in total. The third kappa shape index (κ3) is 5.15. The lowest BCUT2D eigenvalue weighted by molar-refractivity contribution is -0.123. The molecule has 1 atom stereocenters. The van der Waals surface area contributed by atoms with Gasteiger partial charge in [-0.1, -0.05) is 6.92 Å². The van der Waals surface area contributed by atoms with E-state index in [1.165, 1.54) is 11.3 Å². The molecule has 0 fully saturated rings. The number of nitrogens with zero attached hydrogens (tertiary/aromatic N) is 2. The number of hydrogen-bond donors (Lipinski definition) is 1. The number of methoxy groups -OCH3 is 2. The molecule has 1 aliphatic heterocycles. The molecule has 1 amide bonds. The van der Waals surface area contributed by atoms with Crippen molar-refractivity contribution in [1.29, 1.82) is 0 Å². The number of hydrogen-bond acceptors (Lipinski definition) is 6. The summed E-state index contributed by atoms with van der Waals surface area (Å²) in [5.41, 5.74) is 5.88. The van der Waals surface area contributed by atoms with Gasteiger partial charge in [0.05, 0.1) is 20.4 Å². The number of anilines is 1. The van der Waals surface area contributed by atoms with Gasteiger partial charge in [0.1, 0.15) is 17.2 Å². The highest BCUT2D eigenvalue weighted by Gasteiger charge is 2.36. The predicted molar refractivity (Wildman–Crippen MR) is 127 cm³/mol. The summed E-state index contributed by atoms with van der Waals surface area (Å²) in [6, 6.07) is 11.2. The quantitative estimate of drug-likeness (QED) is 0.489. The first-order chi connectivity index (χ1) is 15.3. The van der Waals surface area contributed by atoms with Gasteiger partial charge in [-0.3, -0.25) is 4.79 Å². The van der Waals surface area contributed by atoms with Crippen molar-refractivity contribution in [3.05, 3.63) is 47.5 Å². The maximum Gasteiger partial charge on any atom is 0.277 e. The first kappa shape index (κ1) is 23.4. The van der Waals surface area contributed by atoms with Gasteiger partial charge in [0.15, 0.2) is 6.61 Å². The highest BCUT2D eigenvalue weighted by Crippen LogP contribution is 2.45. The Morgan fingerprint density at radius 3 is 2.50 bits per heavy atom. The number of hydrazone groups is 1. The Morgan fingerprint density at radius 2 is 1.88 bits per heavy atom. The Labute approximate surface area is 190 Å². The number of fused-ring (bicyclic) bond motifs is 1. The van der Waals surface area contributed by atoms with Crippen LogP contribution in [0.15, 0.2) is 41.5 Å². The minimum Gasteiger partial charge on any atom is -0.497 e. The maximum absolute atomic E-state index is 12.1. The Bertz CT molecular complexity index is 970. The van der Waals surface area contributed by atoms with Gasteiger partial charge in [0.25, 0.3) is 5.91 Å². The van der Waals surface area contributed by atoms with Crippen LogP contribution in [0, 0.1) is 0 Å². The number of amides is 1. The number of nitrogens with one attached hydrogen (secondary N) is 1. The molecular formula is C25H33N3O4. The topological polar surface area (TPSA) is 72.4 Å². The molecule has 3 rings (SSSR count). The molecule has 1 aliphatic rings. The van der Waals surface area contributed by atoms with Crippen molar-refractivity contribution < 1.29 is 19.0 Å². The van der Waals surface area contributed by atoms with E-state index >= 15 is 0 Å². The summed E-state index contributed by atoms with van der Waals surface area (Å²) in [7, 11) is 3.24. The normalized spacial score (nSPS) is 17.1. The first-order valence-corrected chi connectivity index (χ1v) is 10.9. The van der Waals surface area contributed by atoms with Crippen molar-refractivity contribution in [3.63, 3.8) is 0 Å². The largest absolute Gasteiger partial charge is 0.497 e. The molecule has 0 radical (unpaired) electrons. The van der Waals surface area contributed by atoms with Crippen LogP contribution in [0.3, 0.4) is 0 Å². The lowest BCUT2D eigenvalue weighted by atomic mass is 9.79. The standard InChI is InChI=1S/C25H33N3O4/c1-7-28-22-13-23(31-6)18(12-21(22)17(2)14-25(28,3)4)15-26-27-24(29)16-32-20-10-8-19(30-5)9-11-20/h8-13,15,17H,7,14,16H2,1-6H3,(H,27,29)/b26-15+. The second-order valence-electron chi connectivity index (χ2n) is 8.57. The molecule has 0 bridgehead atoms. The molecule has 0 aromatic heterocycles. The summed E-state index contributed by atoms with van der Waals surface area (Å²) in [5, 5.41) is 4.11. The SMILES string of the molecule is CCN1c2cc(OC)c(/C=N/NC(=O)COc3ccc(OC)cc3)cc2C(C)CC1(C)C. The fourth-order valence-electron chi connectivity index (χ4n) is 4.43. The van der Waals surface area contributed by atoms with E-state index < -0.39 is 0 Å². The molecule has 0 saturated heterocycles. The van der Waals surface area contributed by atoms with E-state index in [9.17, 15) is 4.79 Å². The number of benzene rings is 2. The minimum absolute atomic E-state index is 0.0830. The summed E-state index contributed by atoms with van der Waals surface area (Å²) in [6.45, 7) is 9.77. The van der Waals surface area contributed by atoms with E-state index in [1.807, 2.05) is 0 Å². The van der Waals surface area contributed by atoms with Crippen LogP contribution >= 0.6 is 0 Å². The van der Waals surface area contributed by atoms with Gasteiger partial charge < -0.3 is 19.1 Å². The number of carbonyl (C=O) groups excluding carboxylic acids is 1. The minimum atomic E-state index is -0.346.